The first-order chi connectivity index (χ1) is 13.6. The minimum atomic E-state index is -0.449. The van der Waals surface area contributed by atoms with Crippen LogP contribution in [0.15, 0.2) is 29.1 Å². The SMILES string of the molecule is CCNC(=O)/C(C#N)=c1\sc(=Cc2ccc(N3CCCC3)cc2)c(=O)n1CC. The number of benzene rings is 1. The van der Waals surface area contributed by atoms with E-state index >= 15 is 0 Å². The van der Waals surface area contributed by atoms with Crippen LogP contribution >= 0.6 is 11.3 Å². The lowest BCUT2D eigenvalue weighted by Gasteiger charge is -2.17. The van der Waals surface area contributed by atoms with Gasteiger partial charge in [-0.3, -0.25) is 14.2 Å². The molecule has 3 rings (SSSR count). The summed E-state index contributed by atoms with van der Waals surface area (Å²) in [5, 5.41) is 12.1. The number of nitriles is 1. The van der Waals surface area contributed by atoms with E-state index in [0.29, 0.717) is 22.3 Å². The van der Waals surface area contributed by atoms with Crippen molar-refractivity contribution in [2.75, 3.05) is 24.5 Å². The topological polar surface area (TPSA) is 78.1 Å². The zero-order chi connectivity index (χ0) is 20.1. The van der Waals surface area contributed by atoms with Gasteiger partial charge in [0, 0.05) is 31.9 Å². The lowest BCUT2D eigenvalue weighted by Crippen LogP contribution is -2.34. The molecule has 7 heteroatoms. The van der Waals surface area contributed by atoms with E-state index in [-0.39, 0.29) is 11.1 Å². The van der Waals surface area contributed by atoms with Gasteiger partial charge in [0.05, 0.1) is 4.53 Å². The summed E-state index contributed by atoms with van der Waals surface area (Å²) in [5.74, 6) is -0.449. The van der Waals surface area contributed by atoms with Gasteiger partial charge < -0.3 is 10.2 Å². The molecule has 0 atom stereocenters. The molecule has 1 saturated heterocycles. The summed E-state index contributed by atoms with van der Waals surface area (Å²) in [4.78, 5) is 27.3. The highest BCUT2D eigenvalue weighted by Crippen LogP contribution is 2.20. The summed E-state index contributed by atoms with van der Waals surface area (Å²) in [6.07, 6.45) is 4.28. The van der Waals surface area contributed by atoms with E-state index in [0.717, 1.165) is 18.7 Å². The third-order valence-corrected chi connectivity index (χ3v) is 5.91. The van der Waals surface area contributed by atoms with E-state index in [9.17, 15) is 14.9 Å². The van der Waals surface area contributed by atoms with Crippen molar-refractivity contribution >= 4 is 34.6 Å². The number of thiazole rings is 1. The van der Waals surface area contributed by atoms with Crippen LogP contribution in [-0.2, 0) is 11.3 Å². The van der Waals surface area contributed by atoms with Gasteiger partial charge >= 0.3 is 0 Å². The van der Waals surface area contributed by atoms with Crippen LogP contribution in [0.25, 0.3) is 11.6 Å². The average molecular weight is 397 g/mol. The Kier molecular flexibility index (Phi) is 6.32. The van der Waals surface area contributed by atoms with Crippen molar-refractivity contribution < 1.29 is 4.79 Å². The zero-order valence-corrected chi connectivity index (χ0v) is 17.0. The molecule has 1 amide bonds. The molecule has 1 aromatic carbocycles. The lowest BCUT2D eigenvalue weighted by atomic mass is 10.2. The van der Waals surface area contributed by atoms with Crippen LogP contribution in [0.5, 0.6) is 0 Å². The highest BCUT2D eigenvalue weighted by molar-refractivity contribution is 7.07. The zero-order valence-electron chi connectivity index (χ0n) is 16.2. The molecule has 1 fully saturated rings. The summed E-state index contributed by atoms with van der Waals surface area (Å²) in [7, 11) is 0. The standard InChI is InChI=1S/C21H24N4O2S/c1-3-23-19(26)17(14-22)21-25(4-2)20(27)18(28-21)13-15-7-9-16(10-8-15)24-11-5-6-12-24/h7-10,13H,3-6,11-12H2,1-2H3,(H,23,26)/b18-13?,21-17-. The van der Waals surface area contributed by atoms with Crippen LogP contribution in [0.1, 0.15) is 32.3 Å². The highest BCUT2D eigenvalue weighted by atomic mass is 32.1. The molecule has 6 nitrogen and oxygen atoms in total. The first kappa shape index (κ1) is 19.9. The summed E-state index contributed by atoms with van der Waals surface area (Å²) < 4.78 is 2.41. The molecule has 146 valence electrons. The van der Waals surface area contributed by atoms with Gasteiger partial charge in [-0.15, -0.1) is 11.3 Å². The van der Waals surface area contributed by atoms with E-state index < -0.39 is 5.91 Å². The van der Waals surface area contributed by atoms with E-state index in [4.69, 9.17) is 0 Å². The third-order valence-electron chi connectivity index (χ3n) is 4.78. The Labute approximate surface area is 168 Å². The predicted molar refractivity (Wildman–Crippen MR) is 113 cm³/mol. The number of aromatic nitrogens is 1. The van der Waals surface area contributed by atoms with Crippen molar-refractivity contribution in [3.05, 3.63) is 49.4 Å². The van der Waals surface area contributed by atoms with Crippen LogP contribution in [0.4, 0.5) is 5.69 Å². The maximum Gasteiger partial charge on any atom is 0.269 e. The first-order valence-electron chi connectivity index (χ1n) is 9.58. The van der Waals surface area contributed by atoms with Crippen molar-refractivity contribution in [3.63, 3.8) is 0 Å². The molecule has 1 aliphatic heterocycles. The van der Waals surface area contributed by atoms with Gasteiger partial charge in [0.15, 0.2) is 5.57 Å². The van der Waals surface area contributed by atoms with Crippen LogP contribution < -0.4 is 25.0 Å². The number of amides is 1. The monoisotopic (exact) mass is 396 g/mol. The molecule has 2 aromatic rings. The van der Waals surface area contributed by atoms with Gasteiger partial charge in [-0.05, 0) is 50.5 Å². The molecule has 28 heavy (non-hydrogen) atoms. The highest BCUT2D eigenvalue weighted by Gasteiger charge is 2.15. The van der Waals surface area contributed by atoms with Gasteiger partial charge in [-0.2, -0.15) is 5.26 Å². The van der Waals surface area contributed by atoms with Crippen molar-refractivity contribution in [2.24, 2.45) is 0 Å². The molecule has 1 aliphatic rings. The maximum absolute atomic E-state index is 12.8. The van der Waals surface area contributed by atoms with Gasteiger partial charge in [0.2, 0.25) is 0 Å². The van der Waals surface area contributed by atoms with Crippen molar-refractivity contribution in [2.45, 2.75) is 33.2 Å². The molecule has 0 radical (unpaired) electrons. The van der Waals surface area contributed by atoms with E-state index in [1.807, 2.05) is 31.2 Å². The number of nitrogens with zero attached hydrogens (tertiary/aromatic N) is 3. The fraction of sp³-hybridized carbons (Fsp3) is 0.381. The molecule has 1 aromatic heterocycles. The Balaban J connectivity index is 2.05. The Morgan fingerprint density at radius 2 is 1.93 bits per heavy atom. The molecule has 0 unspecified atom stereocenters. The number of hydrogen-bond acceptors (Lipinski definition) is 5. The maximum atomic E-state index is 12.8. The molecule has 0 aliphatic carbocycles. The normalized spacial score (nSPS) is 15.5. The molecular formula is C21H24N4O2S. The van der Waals surface area contributed by atoms with Crippen LogP contribution in [0, 0.1) is 11.3 Å². The molecule has 0 spiro atoms. The smallest absolute Gasteiger partial charge is 0.269 e. The molecule has 1 N–H and O–H groups in total. The number of hydrogen-bond donors (Lipinski definition) is 1. The summed E-state index contributed by atoms with van der Waals surface area (Å²) >= 11 is 1.19. The van der Waals surface area contributed by atoms with Crippen LogP contribution in [0.2, 0.25) is 0 Å². The average Bonchev–Trinajstić information content (AvgIpc) is 3.33. The Bertz CT molecular complexity index is 1070. The second-order valence-electron chi connectivity index (χ2n) is 6.60. The second kappa shape index (κ2) is 8.89. The number of carbonyl (C=O) groups excluding carboxylic acids is 1. The fourth-order valence-corrected chi connectivity index (χ4v) is 4.51. The molecule has 0 bridgehead atoms. The quantitative estimate of drug-likeness (QED) is 0.823. The predicted octanol–water partition coefficient (Wildman–Crippen LogP) is 1.17. The van der Waals surface area contributed by atoms with Crippen molar-refractivity contribution in [3.8, 4) is 6.07 Å². The lowest BCUT2D eigenvalue weighted by molar-refractivity contribution is -0.115. The minimum absolute atomic E-state index is 0.0187. The molecule has 0 saturated carbocycles. The van der Waals surface area contributed by atoms with Gasteiger partial charge in [0.1, 0.15) is 10.7 Å². The van der Waals surface area contributed by atoms with E-state index in [1.165, 1.54) is 34.4 Å². The second-order valence-corrected chi connectivity index (χ2v) is 7.63. The Morgan fingerprint density at radius 3 is 2.50 bits per heavy atom. The number of anilines is 1. The van der Waals surface area contributed by atoms with Gasteiger partial charge in [-0.1, -0.05) is 12.1 Å². The van der Waals surface area contributed by atoms with Crippen LogP contribution in [-0.4, -0.2) is 30.1 Å². The first-order valence-corrected chi connectivity index (χ1v) is 10.4. The summed E-state index contributed by atoms with van der Waals surface area (Å²) in [6.45, 7) is 6.62. The molecular weight excluding hydrogens is 372 g/mol. The van der Waals surface area contributed by atoms with Crippen molar-refractivity contribution in [1.29, 1.82) is 5.26 Å². The van der Waals surface area contributed by atoms with Gasteiger partial charge in [0.25, 0.3) is 11.5 Å². The largest absolute Gasteiger partial charge is 0.372 e. The summed E-state index contributed by atoms with van der Waals surface area (Å²) in [6, 6.07) is 10.1. The Morgan fingerprint density at radius 1 is 1.25 bits per heavy atom. The van der Waals surface area contributed by atoms with Crippen molar-refractivity contribution in [1.82, 2.24) is 9.88 Å². The fourth-order valence-electron chi connectivity index (χ4n) is 3.35. The third kappa shape index (κ3) is 4.02. The van der Waals surface area contributed by atoms with Crippen LogP contribution in [0.3, 0.4) is 0 Å². The van der Waals surface area contributed by atoms with E-state index in [2.05, 4.69) is 22.3 Å². The number of nitrogens with one attached hydrogen (secondary N) is 1. The number of rotatable bonds is 5. The molecule has 2 heterocycles. The summed E-state index contributed by atoms with van der Waals surface area (Å²) in [5.41, 5.74) is 1.93. The minimum Gasteiger partial charge on any atom is -0.372 e. The van der Waals surface area contributed by atoms with Gasteiger partial charge in [-0.25, -0.2) is 0 Å². The van der Waals surface area contributed by atoms with E-state index in [1.54, 1.807) is 6.92 Å². The number of carbonyl (C=O) groups is 1. The Hall–Kier alpha value is -2.85.